The normalized spacial score (nSPS) is 16.5. The summed E-state index contributed by atoms with van der Waals surface area (Å²) in [6.07, 6.45) is 9.26. The summed E-state index contributed by atoms with van der Waals surface area (Å²) in [6.45, 7) is 1.80. The van der Waals surface area contributed by atoms with Gasteiger partial charge >= 0.3 is 0 Å². The average molecular weight is 326 g/mol. The highest BCUT2D eigenvalue weighted by molar-refractivity contribution is 5.77. The number of nitrogens with zero attached hydrogens (tertiary/aromatic N) is 2. The van der Waals surface area contributed by atoms with Gasteiger partial charge in [-0.2, -0.15) is 0 Å². The molecular weight excluding hydrogens is 300 g/mol. The van der Waals surface area contributed by atoms with Crippen molar-refractivity contribution in [3.05, 3.63) is 54.4 Å². The first kappa shape index (κ1) is 16.6. The van der Waals surface area contributed by atoms with Crippen molar-refractivity contribution < 1.29 is 9.53 Å². The monoisotopic (exact) mass is 326 g/mol. The van der Waals surface area contributed by atoms with Crippen molar-refractivity contribution in [1.29, 1.82) is 0 Å². The van der Waals surface area contributed by atoms with Crippen molar-refractivity contribution in [1.82, 2.24) is 9.47 Å². The highest BCUT2D eigenvalue weighted by Crippen LogP contribution is 2.27. The highest BCUT2D eigenvalue weighted by atomic mass is 16.5. The van der Waals surface area contributed by atoms with E-state index in [1.165, 1.54) is 12.8 Å². The molecule has 128 valence electrons. The van der Waals surface area contributed by atoms with E-state index < -0.39 is 0 Å². The molecule has 0 saturated carbocycles. The van der Waals surface area contributed by atoms with E-state index in [9.17, 15) is 4.79 Å². The third-order valence-electron chi connectivity index (χ3n) is 4.79. The maximum Gasteiger partial charge on any atom is 0.225 e. The second-order valence-corrected chi connectivity index (χ2v) is 6.42. The number of ether oxygens (including phenoxy) is 1. The van der Waals surface area contributed by atoms with Gasteiger partial charge in [0.15, 0.2) is 0 Å². The molecule has 3 rings (SSSR count). The Kier molecular flexibility index (Phi) is 5.57. The van der Waals surface area contributed by atoms with Crippen LogP contribution in [0.2, 0.25) is 0 Å². The zero-order valence-electron chi connectivity index (χ0n) is 14.4. The molecule has 4 heteroatoms. The van der Waals surface area contributed by atoms with Gasteiger partial charge in [-0.05, 0) is 42.7 Å². The lowest BCUT2D eigenvalue weighted by atomic mass is 10.0. The molecule has 1 unspecified atom stereocenters. The zero-order chi connectivity index (χ0) is 16.8. The van der Waals surface area contributed by atoms with Gasteiger partial charge < -0.3 is 14.2 Å². The first-order valence-corrected chi connectivity index (χ1v) is 8.82. The van der Waals surface area contributed by atoms with Gasteiger partial charge in [-0.15, -0.1) is 0 Å². The molecule has 1 atom stereocenters. The number of rotatable bonds is 5. The van der Waals surface area contributed by atoms with Crippen molar-refractivity contribution in [2.45, 2.75) is 38.1 Å². The van der Waals surface area contributed by atoms with Gasteiger partial charge in [-0.3, -0.25) is 4.79 Å². The molecular formula is C20H26N2O2. The molecule has 1 saturated heterocycles. The SMILES string of the molecule is COc1cccc(C(CC(=O)N2CCCCCC2)n2cccc2)c1. The van der Waals surface area contributed by atoms with Crippen molar-refractivity contribution in [2.24, 2.45) is 0 Å². The third kappa shape index (κ3) is 3.99. The number of hydrogen-bond donors (Lipinski definition) is 0. The lowest BCUT2D eigenvalue weighted by Crippen LogP contribution is -2.33. The molecule has 2 heterocycles. The van der Waals surface area contributed by atoms with Crippen LogP contribution in [0.3, 0.4) is 0 Å². The quantitative estimate of drug-likeness (QED) is 0.836. The Bertz CT molecular complexity index is 643. The van der Waals surface area contributed by atoms with Gasteiger partial charge in [0, 0.05) is 25.5 Å². The van der Waals surface area contributed by atoms with E-state index in [1.807, 2.05) is 47.6 Å². The molecule has 0 bridgehead atoms. The Morgan fingerprint density at radius 2 is 1.79 bits per heavy atom. The van der Waals surface area contributed by atoms with E-state index >= 15 is 0 Å². The number of hydrogen-bond acceptors (Lipinski definition) is 2. The second-order valence-electron chi connectivity index (χ2n) is 6.42. The van der Waals surface area contributed by atoms with Crippen LogP contribution >= 0.6 is 0 Å². The largest absolute Gasteiger partial charge is 0.497 e. The molecule has 1 aromatic carbocycles. The third-order valence-corrected chi connectivity index (χ3v) is 4.79. The Morgan fingerprint density at radius 1 is 1.08 bits per heavy atom. The van der Waals surface area contributed by atoms with Gasteiger partial charge in [0.2, 0.25) is 5.91 Å². The second kappa shape index (κ2) is 8.04. The maximum absolute atomic E-state index is 12.9. The fourth-order valence-electron chi connectivity index (χ4n) is 3.41. The highest BCUT2D eigenvalue weighted by Gasteiger charge is 2.22. The summed E-state index contributed by atoms with van der Waals surface area (Å²) in [5, 5.41) is 0. The van der Waals surface area contributed by atoms with E-state index in [4.69, 9.17) is 4.74 Å². The Balaban J connectivity index is 1.81. The summed E-state index contributed by atoms with van der Waals surface area (Å²) in [5.74, 6) is 1.07. The summed E-state index contributed by atoms with van der Waals surface area (Å²) >= 11 is 0. The minimum absolute atomic E-state index is 0.00542. The minimum Gasteiger partial charge on any atom is -0.497 e. The molecule has 0 spiro atoms. The van der Waals surface area contributed by atoms with Crippen LogP contribution in [0.5, 0.6) is 5.75 Å². The number of benzene rings is 1. The predicted octanol–water partition coefficient (Wildman–Crippen LogP) is 3.88. The molecule has 2 aromatic rings. The van der Waals surface area contributed by atoms with Crippen LogP contribution in [0, 0.1) is 0 Å². The zero-order valence-corrected chi connectivity index (χ0v) is 14.4. The molecule has 1 aliphatic rings. The van der Waals surface area contributed by atoms with E-state index in [-0.39, 0.29) is 11.9 Å². The fourth-order valence-corrected chi connectivity index (χ4v) is 3.41. The summed E-state index contributed by atoms with van der Waals surface area (Å²) in [4.78, 5) is 14.9. The molecule has 0 aliphatic carbocycles. The number of aromatic nitrogens is 1. The standard InChI is InChI=1S/C20H26N2O2/c1-24-18-10-8-9-17(15-18)19(21-11-6-7-12-21)16-20(23)22-13-4-2-3-5-14-22/h6-12,15,19H,2-5,13-14,16H2,1H3. The van der Waals surface area contributed by atoms with E-state index in [1.54, 1.807) is 7.11 Å². The first-order chi connectivity index (χ1) is 11.8. The van der Waals surface area contributed by atoms with E-state index in [0.717, 1.165) is 37.2 Å². The first-order valence-electron chi connectivity index (χ1n) is 8.82. The van der Waals surface area contributed by atoms with Crippen LogP contribution in [0.4, 0.5) is 0 Å². The molecule has 1 aliphatic heterocycles. The smallest absolute Gasteiger partial charge is 0.225 e. The number of methoxy groups -OCH3 is 1. The van der Waals surface area contributed by atoms with Crippen LogP contribution in [-0.4, -0.2) is 35.6 Å². The fraction of sp³-hybridized carbons (Fsp3) is 0.450. The van der Waals surface area contributed by atoms with Crippen molar-refractivity contribution >= 4 is 5.91 Å². The van der Waals surface area contributed by atoms with Gasteiger partial charge in [0.25, 0.3) is 0 Å². The number of carbonyl (C=O) groups is 1. The summed E-state index contributed by atoms with van der Waals surface area (Å²) in [7, 11) is 1.67. The molecule has 0 radical (unpaired) electrons. The Hall–Kier alpha value is -2.23. The number of carbonyl (C=O) groups excluding carboxylic acids is 1. The van der Waals surface area contributed by atoms with Crippen LogP contribution < -0.4 is 4.74 Å². The van der Waals surface area contributed by atoms with Crippen molar-refractivity contribution in [2.75, 3.05) is 20.2 Å². The van der Waals surface area contributed by atoms with Crippen LogP contribution in [0.1, 0.15) is 43.7 Å². The van der Waals surface area contributed by atoms with Gasteiger partial charge in [0.1, 0.15) is 5.75 Å². The predicted molar refractivity (Wildman–Crippen MR) is 95.2 cm³/mol. The lowest BCUT2D eigenvalue weighted by Gasteiger charge is -2.25. The van der Waals surface area contributed by atoms with Crippen molar-refractivity contribution in [3.63, 3.8) is 0 Å². The molecule has 0 N–H and O–H groups in total. The minimum atomic E-state index is 0.00542. The Labute approximate surface area is 144 Å². The number of likely N-dealkylation sites (tertiary alicyclic amines) is 1. The molecule has 1 aromatic heterocycles. The molecule has 4 nitrogen and oxygen atoms in total. The summed E-state index contributed by atoms with van der Waals surface area (Å²) in [5.41, 5.74) is 1.11. The summed E-state index contributed by atoms with van der Waals surface area (Å²) in [6, 6.07) is 12.0. The average Bonchev–Trinajstić information content (AvgIpc) is 3.01. The molecule has 24 heavy (non-hydrogen) atoms. The van der Waals surface area contributed by atoms with E-state index in [2.05, 4.69) is 10.6 Å². The van der Waals surface area contributed by atoms with Crippen LogP contribution in [0.15, 0.2) is 48.8 Å². The maximum atomic E-state index is 12.9. The summed E-state index contributed by atoms with van der Waals surface area (Å²) < 4.78 is 7.47. The Morgan fingerprint density at radius 3 is 2.46 bits per heavy atom. The van der Waals surface area contributed by atoms with E-state index in [0.29, 0.717) is 6.42 Å². The molecule has 1 amide bonds. The van der Waals surface area contributed by atoms with Crippen molar-refractivity contribution in [3.8, 4) is 5.75 Å². The van der Waals surface area contributed by atoms with Gasteiger partial charge in [-0.1, -0.05) is 25.0 Å². The lowest BCUT2D eigenvalue weighted by molar-refractivity contribution is -0.131. The number of amides is 1. The van der Waals surface area contributed by atoms with Crippen LogP contribution in [0.25, 0.3) is 0 Å². The van der Waals surface area contributed by atoms with Gasteiger partial charge in [-0.25, -0.2) is 0 Å². The topological polar surface area (TPSA) is 34.5 Å². The van der Waals surface area contributed by atoms with Gasteiger partial charge in [0.05, 0.1) is 19.6 Å². The molecule has 1 fully saturated rings. The van der Waals surface area contributed by atoms with Crippen LogP contribution in [-0.2, 0) is 4.79 Å².